The summed E-state index contributed by atoms with van der Waals surface area (Å²) in [7, 11) is -6.83. The molecule has 2 aromatic carbocycles. The van der Waals surface area contributed by atoms with Crippen LogP contribution >= 0.6 is 0 Å². The third-order valence-electron chi connectivity index (χ3n) is 5.08. The van der Waals surface area contributed by atoms with Crippen LogP contribution in [-0.2, 0) is 29.3 Å². The summed E-state index contributed by atoms with van der Waals surface area (Å²) in [6, 6.07) is 11.4. The fourth-order valence-electron chi connectivity index (χ4n) is 3.41. The number of nitrogens with zero attached hydrogens (tertiary/aromatic N) is 2. The average Bonchev–Trinajstić information content (AvgIpc) is 2.95. The van der Waals surface area contributed by atoms with E-state index in [4.69, 9.17) is 0 Å². The fraction of sp³-hybridized carbons (Fsp3) is 0.333. The van der Waals surface area contributed by atoms with E-state index in [-0.39, 0.29) is 9.79 Å². The minimum atomic E-state index is -3.42. The van der Waals surface area contributed by atoms with Crippen LogP contribution in [-0.4, -0.2) is 41.2 Å². The van der Waals surface area contributed by atoms with Crippen molar-refractivity contribution in [3.63, 3.8) is 0 Å². The number of anilines is 2. The van der Waals surface area contributed by atoms with Crippen LogP contribution in [0.3, 0.4) is 0 Å². The first-order valence-corrected chi connectivity index (χ1v) is 13.5. The molecule has 166 valence electrons. The first-order valence-electron chi connectivity index (χ1n) is 9.73. The maximum Gasteiger partial charge on any atom is 0.258 e. The summed E-state index contributed by atoms with van der Waals surface area (Å²) in [6.45, 7) is 1.97. The zero-order valence-electron chi connectivity index (χ0n) is 17.5. The molecular formula is C21H24N2O6S2. The van der Waals surface area contributed by atoms with Gasteiger partial charge in [-0.1, -0.05) is 19.8 Å². The van der Waals surface area contributed by atoms with E-state index in [9.17, 15) is 26.4 Å². The number of hydrogen-bond acceptors (Lipinski definition) is 6. The lowest BCUT2D eigenvalue weighted by Crippen LogP contribution is -2.41. The predicted octanol–water partition coefficient (Wildman–Crippen LogP) is 2.59. The molecule has 0 aliphatic carbocycles. The molecule has 3 rings (SSSR count). The SMILES string of the molecule is CCCCC1C(=O)N(c2ccc(S(C)(=O)=O)cc2)N(c2ccc(S(C)(=O)=O)cc2)C1=O. The van der Waals surface area contributed by atoms with Gasteiger partial charge in [0.15, 0.2) is 19.7 Å². The molecule has 0 bridgehead atoms. The zero-order chi connectivity index (χ0) is 23.0. The molecule has 8 nitrogen and oxygen atoms in total. The molecular weight excluding hydrogens is 440 g/mol. The number of unbranched alkanes of at least 4 members (excludes halogenated alkanes) is 1. The van der Waals surface area contributed by atoms with Crippen molar-refractivity contribution in [3.8, 4) is 0 Å². The second-order valence-electron chi connectivity index (χ2n) is 7.53. The van der Waals surface area contributed by atoms with Crippen molar-refractivity contribution in [3.05, 3.63) is 48.5 Å². The molecule has 31 heavy (non-hydrogen) atoms. The molecule has 10 heteroatoms. The van der Waals surface area contributed by atoms with Crippen molar-refractivity contribution in [1.82, 2.24) is 0 Å². The molecule has 0 radical (unpaired) electrons. The topological polar surface area (TPSA) is 109 Å². The van der Waals surface area contributed by atoms with Crippen LogP contribution in [0, 0.1) is 5.92 Å². The van der Waals surface area contributed by atoms with Gasteiger partial charge in [0.05, 0.1) is 21.2 Å². The third kappa shape index (κ3) is 4.64. The second-order valence-corrected chi connectivity index (χ2v) is 11.6. The molecule has 0 atom stereocenters. The van der Waals surface area contributed by atoms with Crippen LogP contribution in [0.4, 0.5) is 11.4 Å². The standard InChI is InChI=1S/C21H24N2O6S2/c1-4-5-6-19-20(24)22(15-7-11-17(12-8-15)30(2,26)27)23(21(19)25)16-9-13-18(14-10-16)31(3,28)29/h7-14,19H,4-6H2,1-3H3. The molecule has 0 aromatic heterocycles. The third-order valence-corrected chi connectivity index (χ3v) is 7.34. The van der Waals surface area contributed by atoms with Gasteiger partial charge in [-0.25, -0.2) is 26.9 Å². The van der Waals surface area contributed by atoms with Gasteiger partial charge in [0.1, 0.15) is 5.92 Å². The van der Waals surface area contributed by atoms with Gasteiger partial charge in [0.25, 0.3) is 11.8 Å². The van der Waals surface area contributed by atoms with Crippen molar-refractivity contribution in [2.24, 2.45) is 5.92 Å². The molecule has 2 amide bonds. The van der Waals surface area contributed by atoms with Crippen molar-refractivity contribution in [2.75, 3.05) is 22.5 Å². The highest BCUT2D eigenvalue weighted by molar-refractivity contribution is 7.91. The molecule has 1 fully saturated rings. The van der Waals surface area contributed by atoms with E-state index >= 15 is 0 Å². The summed E-state index contributed by atoms with van der Waals surface area (Å²) >= 11 is 0. The summed E-state index contributed by atoms with van der Waals surface area (Å²) in [4.78, 5) is 26.5. The summed E-state index contributed by atoms with van der Waals surface area (Å²) in [5, 5.41) is 2.45. The van der Waals surface area contributed by atoms with Gasteiger partial charge in [-0.15, -0.1) is 0 Å². The van der Waals surface area contributed by atoms with Crippen LogP contribution in [0.1, 0.15) is 26.2 Å². The first-order chi connectivity index (χ1) is 14.4. The van der Waals surface area contributed by atoms with Gasteiger partial charge >= 0.3 is 0 Å². The van der Waals surface area contributed by atoms with Gasteiger partial charge in [0, 0.05) is 12.5 Å². The molecule has 0 spiro atoms. The molecule has 1 aliphatic heterocycles. The smallest absolute Gasteiger partial charge is 0.258 e. The molecule has 0 unspecified atom stereocenters. The number of carbonyl (C=O) groups is 2. The van der Waals surface area contributed by atoms with E-state index in [2.05, 4.69) is 0 Å². The van der Waals surface area contributed by atoms with Crippen LogP contribution in [0.15, 0.2) is 58.3 Å². The van der Waals surface area contributed by atoms with E-state index in [1.54, 1.807) is 0 Å². The second kappa shape index (κ2) is 8.43. The Morgan fingerprint density at radius 1 is 0.710 bits per heavy atom. The Balaban J connectivity index is 2.06. The summed E-state index contributed by atoms with van der Waals surface area (Å²) in [5.74, 6) is -1.67. The molecule has 1 saturated heterocycles. The Hall–Kier alpha value is -2.72. The Labute approximate surface area is 182 Å². The largest absolute Gasteiger partial charge is 0.272 e. The molecule has 1 heterocycles. The molecule has 1 aliphatic rings. The van der Waals surface area contributed by atoms with Gasteiger partial charge in [-0.2, -0.15) is 0 Å². The van der Waals surface area contributed by atoms with Crippen molar-refractivity contribution < 1.29 is 26.4 Å². The van der Waals surface area contributed by atoms with Crippen molar-refractivity contribution in [2.45, 2.75) is 36.0 Å². The summed E-state index contributed by atoms with van der Waals surface area (Å²) in [6.07, 6.45) is 4.09. The van der Waals surface area contributed by atoms with Gasteiger partial charge in [-0.05, 0) is 55.0 Å². The van der Waals surface area contributed by atoms with E-state index in [1.807, 2.05) is 6.92 Å². The lowest BCUT2D eigenvalue weighted by molar-refractivity contribution is -0.127. The van der Waals surface area contributed by atoms with Gasteiger partial charge < -0.3 is 0 Å². The van der Waals surface area contributed by atoms with E-state index in [0.717, 1.165) is 18.9 Å². The first kappa shape index (κ1) is 23.0. The number of amides is 2. The fourth-order valence-corrected chi connectivity index (χ4v) is 4.67. The molecule has 0 N–H and O–H groups in total. The van der Waals surface area contributed by atoms with Crippen LogP contribution in [0.2, 0.25) is 0 Å². The average molecular weight is 465 g/mol. The number of hydrazine groups is 1. The number of benzene rings is 2. The number of carbonyl (C=O) groups excluding carboxylic acids is 2. The number of sulfone groups is 2. The lowest BCUT2D eigenvalue weighted by atomic mass is 10.0. The maximum atomic E-state index is 13.2. The van der Waals surface area contributed by atoms with E-state index in [0.29, 0.717) is 24.2 Å². The quantitative estimate of drug-likeness (QED) is 0.583. The maximum absolute atomic E-state index is 13.2. The Bertz CT molecular complexity index is 1110. The Morgan fingerprint density at radius 3 is 1.35 bits per heavy atom. The van der Waals surface area contributed by atoms with E-state index < -0.39 is 37.4 Å². The summed E-state index contributed by atoms with van der Waals surface area (Å²) < 4.78 is 47.0. The van der Waals surface area contributed by atoms with Crippen molar-refractivity contribution in [1.29, 1.82) is 0 Å². The van der Waals surface area contributed by atoms with Crippen LogP contribution < -0.4 is 10.0 Å². The normalized spacial score (nSPS) is 15.7. The number of hydrogen-bond donors (Lipinski definition) is 0. The zero-order valence-corrected chi connectivity index (χ0v) is 19.1. The minimum Gasteiger partial charge on any atom is -0.272 e. The highest BCUT2D eigenvalue weighted by Gasteiger charge is 2.46. The Kier molecular flexibility index (Phi) is 6.24. The van der Waals surface area contributed by atoms with Crippen molar-refractivity contribution >= 4 is 42.9 Å². The lowest BCUT2D eigenvalue weighted by Gasteiger charge is -2.28. The molecule has 0 saturated carbocycles. The Morgan fingerprint density at radius 2 is 1.06 bits per heavy atom. The predicted molar refractivity (Wildman–Crippen MR) is 117 cm³/mol. The highest BCUT2D eigenvalue weighted by atomic mass is 32.2. The van der Waals surface area contributed by atoms with Crippen LogP contribution in [0.5, 0.6) is 0 Å². The van der Waals surface area contributed by atoms with Gasteiger partial charge in [0.2, 0.25) is 0 Å². The monoisotopic (exact) mass is 464 g/mol. The number of rotatable bonds is 7. The highest BCUT2D eigenvalue weighted by Crippen LogP contribution is 2.34. The van der Waals surface area contributed by atoms with Gasteiger partial charge in [-0.3, -0.25) is 9.59 Å². The molecule has 2 aromatic rings. The minimum absolute atomic E-state index is 0.0980. The van der Waals surface area contributed by atoms with E-state index in [1.165, 1.54) is 58.5 Å². The van der Waals surface area contributed by atoms with Crippen LogP contribution in [0.25, 0.3) is 0 Å². The summed E-state index contributed by atoms with van der Waals surface area (Å²) in [5.41, 5.74) is 0.689.